The van der Waals surface area contributed by atoms with E-state index in [9.17, 15) is 9.59 Å². The Morgan fingerprint density at radius 1 is 1.29 bits per heavy atom. The molecule has 0 aliphatic rings. The van der Waals surface area contributed by atoms with Crippen LogP contribution in [0.1, 0.15) is 23.8 Å². The summed E-state index contributed by atoms with van der Waals surface area (Å²) in [5.74, 6) is -1.33. The summed E-state index contributed by atoms with van der Waals surface area (Å²) in [7, 11) is 2.73. The lowest BCUT2D eigenvalue weighted by Gasteiger charge is -2.24. The van der Waals surface area contributed by atoms with Crippen LogP contribution < -0.4 is 4.74 Å². The summed E-state index contributed by atoms with van der Waals surface area (Å²) in [6, 6.07) is 8.58. The fourth-order valence-electron chi connectivity index (χ4n) is 2.27. The van der Waals surface area contributed by atoms with Crippen LogP contribution in [0.15, 0.2) is 36.5 Å². The van der Waals surface area contributed by atoms with E-state index in [0.29, 0.717) is 0 Å². The summed E-state index contributed by atoms with van der Waals surface area (Å²) in [5.41, 5.74) is 0.804. The highest BCUT2D eigenvalue weighted by molar-refractivity contribution is 5.94. The van der Waals surface area contributed by atoms with Gasteiger partial charge >= 0.3 is 11.9 Å². The van der Waals surface area contributed by atoms with Gasteiger partial charge in [0.25, 0.3) is 0 Å². The fraction of sp³-hybridized carbons (Fsp3) is 0.312. The summed E-state index contributed by atoms with van der Waals surface area (Å²) >= 11 is 0. The normalized spacial score (nSPS) is 11.8. The summed E-state index contributed by atoms with van der Waals surface area (Å²) in [6.45, 7) is 1.58. The molecule has 1 heterocycles. The van der Waals surface area contributed by atoms with Crippen molar-refractivity contribution in [1.29, 1.82) is 0 Å². The van der Waals surface area contributed by atoms with Crippen molar-refractivity contribution in [3.63, 3.8) is 0 Å². The molecular formula is C16H19N3O5. The maximum Gasteiger partial charge on any atom is 0.305 e. The molecule has 1 amide bonds. The zero-order valence-corrected chi connectivity index (χ0v) is 13.7. The summed E-state index contributed by atoms with van der Waals surface area (Å²) in [4.78, 5) is 28.6. The van der Waals surface area contributed by atoms with E-state index in [1.54, 1.807) is 13.1 Å². The molecule has 1 atom stereocenters. The second-order valence-corrected chi connectivity index (χ2v) is 5.09. The molecule has 0 radical (unpaired) electrons. The Balaban J connectivity index is 2.34. The lowest BCUT2D eigenvalue weighted by Crippen LogP contribution is -2.39. The van der Waals surface area contributed by atoms with Crippen molar-refractivity contribution in [2.24, 2.45) is 0 Å². The Morgan fingerprint density at radius 2 is 1.96 bits per heavy atom. The number of benzene rings is 1. The van der Waals surface area contributed by atoms with Crippen LogP contribution in [-0.4, -0.2) is 52.1 Å². The number of hydroxylamine groups is 2. The van der Waals surface area contributed by atoms with Gasteiger partial charge in [0.1, 0.15) is 0 Å². The second kappa shape index (κ2) is 7.60. The standard InChI is InChI=1S/C16H19N3O5/c1-11(9-14(20)21)19(24-3)16(22)15-13(23-2)10-18(17-15)12-7-5-4-6-8-12/h4-8,10-11H,9H2,1-3H3,(H,20,21). The fourth-order valence-corrected chi connectivity index (χ4v) is 2.27. The predicted molar refractivity (Wildman–Crippen MR) is 85.0 cm³/mol. The molecule has 0 fully saturated rings. The minimum Gasteiger partial charge on any atom is -0.493 e. The molecule has 2 aromatic rings. The Kier molecular flexibility index (Phi) is 5.54. The number of hydrogen-bond donors (Lipinski definition) is 1. The molecule has 0 saturated heterocycles. The largest absolute Gasteiger partial charge is 0.493 e. The number of aliphatic carboxylic acids is 1. The molecule has 0 aliphatic carbocycles. The van der Waals surface area contributed by atoms with Crippen molar-refractivity contribution >= 4 is 11.9 Å². The third-order valence-corrected chi connectivity index (χ3v) is 3.39. The van der Waals surface area contributed by atoms with Crippen LogP contribution in [0.2, 0.25) is 0 Å². The third-order valence-electron chi connectivity index (χ3n) is 3.39. The average Bonchev–Trinajstić information content (AvgIpc) is 3.00. The molecule has 1 unspecified atom stereocenters. The molecular weight excluding hydrogens is 314 g/mol. The highest BCUT2D eigenvalue weighted by Crippen LogP contribution is 2.22. The first-order valence-corrected chi connectivity index (χ1v) is 7.26. The van der Waals surface area contributed by atoms with Crippen LogP contribution in [0, 0.1) is 0 Å². The van der Waals surface area contributed by atoms with Crippen molar-refractivity contribution in [1.82, 2.24) is 14.8 Å². The number of carboxylic acids is 1. The number of amides is 1. The first-order chi connectivity index (χ1) is 11.5. The number of carbonyl (C=O) groups excluding carboxylic acids is 1. The van der Waals surface area contributed by atoms with Gasteiger partial charge in [-0.05, 0) is 19.1 Å². The molecule has 24 heavy (non-hydrogen) atoms. The smallest absolute Gasteiger partial charge is 0.305 e. The number of methoxy groups -OCH3 is 1. The molecule has 0 aliphatic heterocycles. The van der Waals surface area contributed by atoms with Crippen molar-refractivity contribution in [3.05, 3.63) is 42.2 Å². The molecule has 0 saturated carbocycles. The van der Waals surface area contributed by atoms with Crippen LogP contribution in [0.3, 0.4) is 0 Å². The van der Waals surface area contributed by atoms with Gasteiger partial charge in [0.2, 0.25) is 0 Å². The molecule has 0 bridgehead atoms. The lowest BCUT2D eigenvalue weighted by atomic mass is 10.2. The molecule has 8 nitrogen and oxygen atoms in total. The summed E-state index contributed by atoms with van der Waals surface area (Å²) < 4.78 is 6.74. The van der Waals surface area contributed by atoms with Gasteiger partial charge in [-0.15, -0.1) is 0 Å². The molecule has 0 spiro atoms. The van der Waals surface area contributed by atoms with E-state index in [-0.39, 0.29) is 17.9 Å². The number of carbonyl (C=O) groups is 2. The second-order valence-electron chi connectivity index (χ2n) is 5.09. The topological polar surface area (TPSA) is 93.9 Å². The minimum absolute atomic E-state index is 0.0421. The molecule has 2 rings (SSSR count). The Hall–Kier alpha value is -2.87. The highest BCUT2D eigenvalue weighted by atomic mass is 16.7. The number of aromatic nitrogens is 2. The van der Waals surface area contributed by atoms with Crippen molar-refractivity contribution < 1.29 is 24.3 Å². The van der Waals surface area contributed by atoms with Crippen LogP contribution in [-0.2, 0) is 9.63 Å². The molecule has 8 heteroatoms. The predicted octanol–water partition coefficient (Wildman–Crippen LogP) is 1.75. The number of hydrogen-bond acceptors (Lipinski definition) is 5. The van der Waals surface area contributed by atoms with Crippen molar-refractivity contribution in [2.45, 2.75) is 19.4 Å². The van der Waals surface area contributed by atoms with Gasteiger partial charge in [-0.1, -0.05) is 18.2 Å². The molecule has 1 aromatic carbocycles. The van der Waals surface area contributed by atoms with Gasteiger partial charge in [0.15, 0.2) is 11.4 Å². The SMILES string of the molecule is COc1cn(-c2ccccc2)nc1C(=O)N(OC)C(C)CC(=O)O. The van der Waals surface area contributed by atoms with E-state index < -0.39 is 17.9 Å². The van der Waals surface area contributed by atoms with E-state index >= 15 is 0 Å². The van der Waals surface area contributed by atoms with Crippen LogP contribution in [0.25, 0.3) is 5.69 Å². The number of rotatable bonds is 7. The van der Waals surface area contributed by atoms with Crippen molar-refractivity contribution in [2.75, 3.05) is 14.2 Å². The Labute approximate surface area is 139 Å². The Bertz CT molecular complexity index is 714. The van der Waals surface area contributed by atoms with Crippen molar-refractivity contribution in [3.8, 4) is 11.4 Å². The Morgan fingerprint density at radius 3 is 2.50 bits per heavy atom. The summed E-state index contributed by atoms with van der Waals surface area (Å²) in [5, 5.41) is 14.1. The number of nitrogens with zero attached hydrogens (tertiary/aromatic N) is 3. The average molecular weight is 333 g/mol. The van der Waals surface area contributed by atoms with Gasteiger partial charge in [0.05, 0.1) is 38.6 Å². The third kappa shape index (κ3) is 3.72. The quantitative estimate of drug-likeness (QED) is 0.776. The van der Waals surface area contributed by atoms with Crippen LogP contribution in [0.5, 0.6) is 5.75 Å². The lowest BCUT2D eigenvalue weighted by molar-refractivity contribution is -0.147. The minimum atomic E-state index is -1.03. The number of carboxylic acid groups (broad SMARTS) is 1. The maximum absolute atomic E-state index is 12.7. The highest BCUT2D eigenvalue weighted by Gasteiger charge is 2.29. The van der Waals surface area contributed by atoms with E-state index in [2.05, 4.69) is 5.10 Å². The van der Waals surface area contributed by atoms with Crippen LogP contribution in [0.4, 0.5) is 0 Å². The zero-order chi connectivity index (χ0) is 17.7. The monoisotopic (exact) mass is 333 g/mol. The maximum atomic E-state index is 12.7. The van der Waals surface area contributed by atoms with E-state index in [1.807, 2.05) is 30.3 Å². The van der Waals surface area contributed by atoms with Gasteiger partial charge in [0, 0.05) is 0 Å². The number of para-hydroxylation sites is 1. The zero-order valence-electron chi connectivity index (χ0n) is 13.7. The first kappa shape index (κ1) is 17.5. The van der Waals surface area contributed by atoms with E-state index in [0.717, 1.165) is 10.8 Å². The molecule has 1 aromatic heterocycles. The molecule has 128 valence electrons. The van der Waals surface area contributed by atoms with Gasteiger partial charge in [-0.25, -0.2) is 9.75 Å². The van der Waals surface area contributed by atoms with Gasteiger partial charge in [-0.2, -0.15) is 5.10 Å². The first-order valence-electron chi connectivity index (χ1n) is 7.26. The van der Waals surface area contributed by atoms with Gasteiger partial charge < -0.3 is 9.84 Å². The van der Waals surface area contributed by atoms with E-state index in [4.69, 9.17) is 14.7 Å². The van der Waals surface area contributed by atoms with Crippen LogP contribution >= 0.6 is 0 Å². The van der Waals surface area contributed by atoms with Gasteiger partial charge in [-0.3, -0.25) is 14.4 Å². The number of ether oxygens (including phenoxy) is 1. The van der Waals surface area contributed by atoms with E-state index in [1.165, 1.54) is 18.9 Å². The summed E-state index contributed by atoms with van der Waals surface area (Å²) in [6.07, 6.45) is 1.33. The molecule has 1 N–H and O–H groups in total.